The Labute approximate surface area is 133 Å². The second kappa shape index (κ2) is 5.55. The summed E-state index contributed by atoms with van der Waals surface area (Å²) in [6.07, 6.45) is -3.00. The summed E-state index contributed by atoms with van der Waals surface area (Å²) in [6.45, 7) is 0. The predicted molar refractivity (Wildman–Crippen MR) is 80.6 cm³/mol. The molecule has 24 heavy (non-hydrogen) atoms. The number of aromatic hydroxyl groups is 1. The highest BCUT2D eigenvalue weighted by Crippen LogP contribution is 2.35. The topological polar surface area (TPSA) is 64.4 Å². The van der Waals surface area contributed by atoms with Crippen LogP contribution in [-0.2, 0) is 6.18 Å². The summed E-state index contributed by atoms with van der Waals surface area (Å²) in [6, 6.07) is 6.73. The van der Waals surface area contributed by atoms with Gasteiger partial charge in [-0.2, -0.15) is 13.2 Å². The molecule has 0 saturated heterocycles. The number of alkyl halides is 3. The average Bonchev–Trinajstić information content (AvgIpc) is 2.54. The van der Waals surface area contributed by atoms with Gasteiger partial charge in [-0.05, 0) is 23.6 Å². The number of benzene rings is 1. The third-order valence-corrected chi connectivity index (χ3v) is 3.56. The quantitative estimate of drug-likeness (QED) is 0.781. The summed E-state index contributed by atoms with van der Waals surface area (Å²) >= 11 is 0. The van der Waals surface area contributed by atoms with Crippen molar-refractivity contribution in [3.63, 3.8) is 0 Å². The Morgan fingerprint density at radius 1 is 1.21 bits per heavy atom. The van der Waals surface area contributed by atoms with E-state index in [0.717, 1.165) is 18.3 Å². The SMILES string of the molecule is COc1ccc2cc(=O)n(-c3ccncc3C(F)(F)F)c(O)c2c1. The molecule has 5 nitrogen and oxygen atoms in total. The summed E-state index contributed by atoms with van der Waals surface area (Å²) in [7, 11) is 1.42. The largest absolute Gasteiger partial charge is 0.497 e. The molecule has 0 bridgehead atoms. The van der Waals surface area contributed by atoms with Crippen LogP contribution in [0.5, 0.6) is 11.6 Å². The van der Waals surface area contributed by atoms with E-state index >= 15 is 0 Å². The Morgan fingerprint density at radius 2 is 1.96 bits per heavy atom. The molecule has 0 aliphatic heterocycles. The lowest BCUT2D eigenvalue weighted by Gasteiger charge is -2.16. The molecule has 2 heterocycles. The minimum atomic E-state index is -4.72. The van der Waals surface area contributed by atoms with Gasteiger partial charge < -0.3 is 9.84 Å². The fourth-order valence-electron chi connectivity index (χ4n) is 2.44. The molecule has 0 atom stereocenters. The van der Waals surface area contributed by atoms with Crippen LogP contribution >= 0.6 is 0 Å². The molecule has 3 aromatic rings. The number of fused-ring (bicyclic) bond motifs is 1. The number of halogens is 3. The molecule has 0 unspecified atom stereocenters. The second-order valence-corrected chi connectivity index (χ2v) is 4.99. The first-order chi connectivity index (χ1) is 11.3. The molecule has 1 N–H and O–H groups in total. The predicted octanol–water partition coefficient (Wildman–Crippen LogP) is 3.12. The first-order valence-electron chi connectivity index (χ1n) is 6.77. The van der Waals surface area contributed by atoms with Crippen LogP contribution in [0.3, 0.4) is 0 Å². The highest BCUT2D eigenvalue weighted by atomic mass is 19.4. The van der Waals surface area contributed by atoms with Crippen LogP contribution in [-0.4, -0.2) is 21.8 Å². The maximum atomic E-state index is 13.2. The van der Waals surface area contributed by atoms with E-state index in [2.05, 4.69) is 4.98 Å². The molecular formula is C16H11F3N2O3. The van der Waals surface area contributed by atoms with Gasteiger partial charge in [0.2, 0.25) is 5.88 Å². The second-order valence-electron chi connectivity index (χ2n) is 4.99. The van der Waals surface area contributed by atoms with E-state index in [4.69, 9.17) is 4.74 Å². The Morgan fingerprint density at radius 3 is 2.62 bits per heavy atom. The molecule has 0 fully saturated rings. The Bertz CT molecular complexity index is 980. The molecule has 0 saturated carbocycles. The highest BCUT2D eigenvalue weighted by molar-refractivity contribution is 5.88. The molecule has 1 aromatic carbocycles. The number of ether oxygens (including phenoxy) is 1. The number of hydrogen-bond acceptors (Lipinski definition) is 4. The zero-order chi connectivity index (χ0) is 17.5. The van der Waals surface area contributed by atoms with E-state index in [1.807, 2.05) is 0 Å². The Balaban J connectivity index is 2.38. The monoisotopic (exact) mass is 336 g/mol. The van der Waals surface area contributed by atoms with Gasteiger partial charge in [-0.25, -0.2) is 4.57 Å². The smallest absolute Gasteiger partial charge is 0.419 e. The van der Waals surface area contributed by atoms with Gasteiger partial charge in [0.05, 0.1) is 18.4 Å². The van der Waals surface area contributed by atoms with Crippen molar-refractivity contribution >= 4 is 10.8 Å². The third kappa shape index (κ3) is 2.55. The Kier molecular flexibility index (Phi) is 3.67. The molecule has 124 valence electrons. The van der Waals surface area contributed by atoms with Gasteiger partial charge in [0, 0.05) is 23.8 Å². The molecule has 8 heteroatoms. The van der Waals surface area contributed by atoms with Gasteiger partial charge in [-0.15, -0.1) is 0 Å². The summed E-state index contributed by atoms with van der Waals surface area (Å²) in [4.78, 5) is 15.7. The van der Waals surface area contributed by atoms with Crippen molar-refractivity contribution in [2.45, 2.75) is 6.18 Å². The van der Waals surface area contributed by atoms with Crippen LogP contribution in [0.15, 0.2) is 47.5 Å². The maximum absolute atomic E-state index is 13.2. The minimum absolute atomic E-state index is 0.193. The molecule has 0 amide bonds. The normalized spacial score (nSPS) is 11.7. The molecule has 0 aliphatic rings. The third-order valence-electron chi connectivity index (χ3n) is 3.56. The lowest BCUT2D eigenvalue weighted by atomic mass is 10.1. The van der Waals surface area contributed by atoms with E-state index in [1.165, 1.54) is 19.2 Å². The van der Waals surface area contributed by atoms with Crippen LogP contribution in [0, 0.1) is 0 Å². The van der Waals surface area contributed by atoms with Crippen molar-refractivity contribution in [2.75, 3.05) is 7.11 Å². The summed E-state index contributed by atoms with van der Waals surface area (Å²) in [5.41, 5.74) is -2.41. The first kappa shape index (κ1) is 15.9. The van der Waals surface area contributed by atoms with Gasteiger partial charge in [0.25, 0.3) is 5.56 Å². The van der Waals surface area contributed by atoms with E-state index in [9.17, 15) is 23.1 Å². The van der Waals surface area contributed by atoms with Crippen LogP contribution in [0.4, 0.5) is 13.2 Å². The lowest BCUT2D eigenvalue weighted by Crippen LogP contribution is -2.21. The highest BCUT2D eigenvalue weighted by Gasteiger charge is 2.35. The van der Waals surface area contributed by atoms with Crippen molar-refractivity contribution in [2.24, 2.45) is 0 Å². The van der Waals surface area contributed by atoms with Crippen LogP contribution in [0.25, 0.3) is 16.5 Å². The van der Waals surface area contributed by atoms with E-state index in [1.54, 1.807) is 6.07 Å². The zero-order valence-electron chi connectivity index (χ0n) is 12.3. The number of hydrogen-bond donors (Lipinski definition) is 1. The minimum Gasteiger partial charge on any atom is -0.497 e. The van der Waals surface area contributed by atoms with Crippen molar-refractivity contribution < 1.29 is 23.0 Å². The Hall–Kier alpha value is -3.03. The molecular weight excluding hydrogens is 325 g/mol. The van der Waals surface area contributed by atoms with E-state index < -0.39 is 28.9 Å². The van der Waals surface area contributed by atoms with Gasteiger partial charge in [0.15, 0.2) is 0 Å². The fourth-order valence-corrected chi connectivity index (χ4v) is 2.44. The number of nitrogens with zero attached hydrogens (tertiary/aromatic N) is 2. The van der Waals surface area contributed by atoms with Crippen molar-refractivity contribution in [3.8, 4) is 17.3 Å². The first-order valence-corrected chi connectivity index (χ1v) is 6.77. The summed E-state index contributed by atoms with van der Waals surface area (Å²) in [5.74, 6) is -0.207. The van der Waals surface area contributed by atoms with Gasteiger partial charge >= 0.3 is 6.18 Å². The summed E-state index contributed by atoms with van der Waals surface area (Å²) in [5, 5.41) is 11.0. The molecule has 2 aromatic heterocycles. The summed E-state index contributed by atoms with van der Waals surface area (Å²) < 4.78 is 45.2. The van der Waals surface area contributed by atoms with Crippen molar-refractivity contribution in [1.29, 1.82) is 0 Å². The van der Waals surface area contributed by atoms with Gasteiger partial charge in [0.1, 0.15) is 5.75 Å². The number of pyridine rings is 2. The number of aromatic nitrogens is 2. The average molecular weight is 336 g/mol. The van der Waals surface area contributed by atoms with Crippen molar-refractivity contribution in [1.82, 2.24) is 9.55 Å². The van der Waals surface area contributed by atoms with Crippen LogP contribution < -0.4 is 10.3 Å². The standard InChI is InChI=1S/C16H11F3N2O3/c1-24-10-3-2-9-6-14(22)21(15(23)11(9)7-10)13-4-5-20-8-12(13)16(17,18)19/h2-8,23H,1H3. The molecule has 0 spiro atoms. The molecule has 0 aliphatic carbocycles. The van der Waals surface area contributed by atoms with Crippen LogP contribution in [0.1, 0.15) is 5.56 Å². The zero-order valence-corrected chi connectivity index (χ0v) is 12.3. The fraction of sp³-hybridized carbons (Fsp3) is 0.125. The van der Waals surface area contributed by atoms with Crippen molar-refractivity contribution in [3.05, 3.63) is 58.6 Å². The lowest BCUT2D eigenvalue weighted by molar-refractivity contribution is -0.137. The van der Waals surface area contributed by atoms with E-state index in [-0.39, 0.29) is 5.39 Å². The molecule has 0 radical (unpaired) electrons. The van der Waals surface area contributed by atoms with Gasteiger partial charge in [-0.1, -0.05) is 6.07 Å². The molecule has 3 rings (SSSR count). The number of methoxy groups -OCH3 is 1. The van der Waals surface area contributed by atoms with Crippen LogP contribution in [0.2, 0.25) is 0 Å². The maximum Gasteiger partial charge on any atom is 0.419 e. The van der Waals surface area contributed by atoms with E-state index in [0.29, 0.717) is 21.9 Å². The van der Waals surface area contributed by atoms with Gasteiger partial charge in [-0.3, -0.25) is 9.78 Å². The number of rotatable bonds is 2.